The van der Waals surface area contributed by atoms with Gasteiger partial charge in [0.15, 0.2) is 0 Å². The second kappa shape index (κ2) is 9.89. The van der Waals surface area contributed by atoms with E-state index in [1.807, 2.05) is 0 Å². The maximum Gasteiger partial charge on any atom is 0.253 e. The molecule has 0 spiro atoms. The number of benzene rings is 1. The third-order valence-corrected chi connectivity index (χ3v) is 3.52. The molecule has 0 radical (unpaired) electrons. The Morgan fingerprint density at radius 2 is 1.88 bits per heavy atom. The standard InChI is InChI=1S/C16H22N4O3.ClH/c17-14(21)7-8-19-16(23)12-3-1-2-4-13(12)20-15(22)10-18-9-11-5-6-11;/h1-4,11,18H,5-10H2,(H2,17,21)(H,19,23)(H,20,22);1H. The van der Waals surface area contributed by atoms with Crippen LogP contribution in [0.3, 0.4) is 0 Å². The van der Waals surface area contributed by atoms with Crippen LogP contribution in [-0.2, 0) is 9.59 Å². The Morgan fingerprint density at radius 3 is 2.54 bits per heavy atom. The molecule has 24 heavy (non-hydrogen) atoms. The van der Waals surface area contributed by atoms with E-state index in [1.54, 1.807) is 24.3 Å². The molecule has 0 aliphatic heterocycles. The Morgan fingerprint density at radius 1 is 1.17 bits per heavy atom. The number of hydrogen-bond acceptors (Lipinski definition) is 4. The van der Waals surface area contributed by atoms with Crippen molar-refractivity contribution in [2.45, 2.75) is 19.3 Å². The largest absolute Gasteiger partial charge is 0.370 e. The Kier molecular flexibility index (Phi) is 8.21. The molecule has 0 atom stereocenters. The molecule has 8 heteroatoms. The summed E-state index contributed by atoms with van der Waals surface area (Å²) in [5.74, 6) is -0.323. The van der Waals surface area contributed by atoms with Crippen molar-refractivity contribution in [3.05, 3.63) is 29.8 Å². The molecule has 132 valence electrons. The summed E-state index contributed by atoms with van der Waals surface area (Å²) in [6.07, 6.45) is 2.53. The minimum Gasteiger partial charge on any atom is -0.370 e. The number of nitrogens with one attached hydrogen (secondary N) is 3. The maximum atomic E-state index is 12.1. The van der Waals surface area contributed by atoms with Gasteiger partial charge in [-0.2, -0.15) is 0 Å². The van der Waals surface area contributed by atoms with Crippen LogP contribution in [0.4, 0.5) is 5.69 Å². The smallest absolute Gasteiger partial charge is 0.253 e. The minimum atomic E-state index is -0.478. The molecule has 0 unspecified atom stereocenters. The molecule has 5 N–H and O–H groups in total. The molecule has 0 aromatic heterocycles. The SMILES string of the molecule is Cl.NC(=O)CCNC(=O)c1ccccc1NC(=O)CNCC1CC1. The molecule has 0 heterocycles. The van der Waals surface area contributed by atoms with Crippen molar-refractivity contribution < 1.29 is 14.4 Å². The van der Waals surface area contributed by atoms with Gasteiger partial charge in [0, 0.05) is 13.0 Å². The summed E-state index contributed by atoms with van der Waals surface area (Å²) in [6.45, 7) is 1.23. The Labute approximate surface area is 147 Å². The summed E-state index contributed by atoms with van der Waals surface area (Å²) in [5.41, 5.74) is 5.83. The van der Waals surface area contributed by atoms with E-state index in [1.165, 1.54) is 12.8 Å². The molecule has 1 aliphatic rings. The van der Waals surface area contributed by atoms with E-state index in [0.29, 0.717) is 17.2 Å². The molecule has 1 aromatic rings. The normalized spacial score (nSPS) is 12.8. The van der Waals surface area contributed by atoms with Gasteiger partial charge in [-0.25, -0.2) is 0 Å². The number of carbonyl (C=O) groups excluding carboxylic acids is 3. The van der Waals surface area contributed by atoms with Gasteiger partial charge < -0.3 is 21.7 Å². The lowest BCUT2D eigenvalue weighted by Gasteiger charge is -2.11. The average molecular weight is 355 g/mol. The van der Waals surface area contributed by atoms with Gasteiger partial charge in [-0.3, -0.25) is 14.4 Å². The van der Waals surface area contributed by atoms with E-state index in [9.17, 15) is 14.4 Å². The lowest BCUT2D eigenvalue weighted by molar-refractivity contribution is -0.118. The van der Waals surface area contributed by atoms with Crippen molar-refractivity contribution in [3.63, 3.8) is 0 Å². The van der Waals surface area contributed by atoms with Crippen LogP contribution in [0, 0.1) is 5.92 Å². The number of hydrogen-bond donors (Lipinski definition) is 4. The molecule has 7 nitrogen and oxygen atoms in total. The van der Waals surface area contributed by atoms with E-state index in [0.717, 1.165) is 6.54 Å². The van der Waals surface area contributed by atoms with Crippen LogP contribution in [0.15, 0.2) is 24.3 Å². The van der Waals surface area contributed by atoms with Crippen LogP contribution in [-0.4, -0.2) is 37.4 Å². The summed E-state index contributed by atoms with van der Waals surface area (Å²) in [7, 11) is 0. The third-order valence-electron chi connectivity index (χ3n) is 3.52. The molecule has 1 aliphatic carbocycles. The number of primary amides is 1. The Hall–Kier alpha value is -2.12. The number of amides is 3. The first-order chi connectivity index (χ1) is 11.1. The van der Waals surface area contributed by atoms with Gasteiger partial charge in [-0.15, -0.1) is 12.4 Å². The molecule has 0 bridgehead atoms. The van der Waals surface area contributed by atoms with Gasteiger partial charge in [0.2, 0.25) is 11.8 Å². The highest BCUT2D eigenvalue weighted by atomic mass is 35.5. The van der Waals surface area contributed by atoms with Crippen LogP contribution >= 0.6 is 12.4 Å². The van der Waals surface area contributed by atoms with Crippen molar-refractivity contribution in [2.24, 2.45) is 11.7 Å². The zero-order valence-corrected chi connectivity index (χ0v) is 14.2. The highest BCUT2D eigenvalue weighted by molar-refractivity contribution is 6.04. The van der Waals surface area contributed by atoms with E-state index in [-0.39, 0.29) is 43.7 Å². The second-order valence-electron chi connectivity index (χ2n) is 5.64. The van der Waals surface area contributed by atoms with Gasteiger partial charge in [0.25, 0.3) is 5.91 Å². The topological polar surface area (TPSA) is 113 Å². The summed E-state index contributed by atoms with van der Waals surface area (Å²) >= 11 is 0. The van der Waals surface area contributed by atoms with Crippen molar-refractivity contribution in [3.8, 4) is 0 Å². The quantitative estimate of drug-likeness (QED) is 0.521. The van der Waals surface area contributed by atoms with Gasteiger partial charge in [-0.1, -0.05) is 12.1 Å². The first-order valence-electron chi connectivity index (χ1n) is 7.72. The predicted octanol–water partition coefficient (Wildman–Crippen LogP) is 0.652. The zero-order chi connectivity index (χ0) is 16.7. The van der Waals surface area contributed by atoms with Gasteiger partial charge in [0.05, 0.1) is 17.8 Å². The number of nitrogens with two attached hydrogens (primary N) is 1. The van der Waals surface area contributed by atoms with Gasteiger partial charge >= 0.3 is 0 Å². The van der Waals surface area contributed by atoms with Crippen molar-refractivity contribution in [1.29, 1.82) is 0 Å². The van der Waals surface area contributed by atoms with Gasteiger partial charge in [-0.05, 0) is 37.4 Å². The monoisotopic (exact) mass is 354 g/mol. The van der Waals surface area contributed by atoms with Crippen LogP contribution in [0.2, 0.25) is 0 Å². The molecule has 2 rings (SSSR count). The third kappa shape index (κ3) is 6.97. The molecule has 0 saturated heterocycles. The van der Waals surface area contributed by atoms with Crippen LogP contribution in [0.1, 0.15) is 29.6 Å². The summed E-state index contributed by atoms with van der Waals surface area (Å²) in [5, 5.41) is 8.43. The van der Waals surface area contributed by atoms with E-state index < -0.39 is 5.91 Å². The fraction of sp³-hybridized carbons (Fsp3) is 0.438. The summed E-state index contributed by atoms with van der Waals surface area (Å²) in [4.78, 5) is 34.7. The first-order valence-corrected chi connectivity index (χ1v) is 7.72. The highest BCUT2D eigenvalue weighted by Crippen LogP contribution is 2.27. The fourth-order valence-corrected chi connectivity index (χ4v) is 2.09. The number of anilines is 1. The first kappa shape index (κ1) is 19.9. The molecule has 1 saturated carbocycles. The van der Waals surface area contributed by atoms with Crippen molar-refractivity contribution in [2.75, 3.05) is 25.0 Å². The second-order valence-corrected chi connectivity index (χ2v) is 5.64. The molecular formula is C16H23ClN4O3. The average Bonchev–Trinajstić information content (AvgIpc) is 3.31. The predicted molar refractivity (Wildman–Crippen MR) is 94.1 cm³/mol. The van der Waals surface area contributed by atoms with Crippen molar-refractivity contribution in [1.82, 2.24) is 10.6 Å². The molecule has 3 amide bonds. The lowest BCUT2D eigenvalue weighted by Crippen LogP contribution is -2.31. The number of halogens is 1. The van der Waals surface area contributed by atoms with Crippen LogP contribution in [0.25, 0.3) is 0 Å². The zero-order valence-electron chi connectivity index (χ0n) is 13.3. The Bertz CT molecular complexity index is 590. The molecular weight excluding hydrogens is 332 g/mol. The lowest BCUT2D eigenvalue weighted by atomic mass is 10.1. The maximum absolute atomic E-state index is 12.1. The Balaban J connectivity index is 0.00000288. The van der Waals surface area contributed by atoms with E-state index >= 15 is 0 Å². The van der Waals surface area contributed by atoms with Crippen molar-refractivity contribution >= 4 is 35.8 Å². The summed E-state index contributed by atoms with van der Waals surface area (Å²) in [6, 6.07) is 6.74. The van der Waals surface area contributed by atoms with E-state index in [2.05, 4.69) is 16.0 Å². The minimum absolute atomic E-state index is 0. The van der Waals surface area contributed by atoms with E-state index in [4.69, 9.17) is 5.73 Å². The van der Waals surface area contributed by atoms with Crippen LogP contribution < -0.4 is 21.7 Å². The number of para-hydroxylation sites is 1. The number of rotatable bonds is 9. The summed E-state index contributed by atoms with van der Waals surface area (Å²) < 4.78 is 0. The number of carbonyl (C=O) groups is 3. The fourth-order valence-electron chi connectivity index (χ4n) is 2.09. The van der Waals surface area contributed by atoms with Crippen LogP contribution in [0.5, 0.6) is 0 Å². The van der Waals surface area contributed by atoms with Gasteiger partial charge in [0.1, 0.15) is 0 Å². The molecule has 1 fully saturated rings. The molecule has 1 aromatic carbocycles. The highest BCUT2D eigenvalue weighted by Gasteiger charge is 2.20.